The zero-order valence-electron chi connectivity index (χ0n) is 11.5. The van der Waals surface area contributed by atoms with E-state index in [2.05, 4.69) is 0 Å². The van der Waals surface area contributed by atoms with Crippen molar-refractivity contribution < 1.29 is 9.13 Å². The minimum Gasteiger partial charge on any atom is -0.497 e. The molecular weight excluding hydrogens is 267 g/mol. The summed E-state index contributed by atoms with van der Waals surface area (Å²) >= 11 is 0. The second kappa shape index (κ2) is 5.29. The van der Waals surface area contributed by atoms with Crippen LogP contribution in [0.25, 0.3) is 10.9 Å². The minimum absolute atomic E-state index is 0.0747. The van der Waals surface area contributed by atoms with E-state index < -0.39 is 5.82 Å². The molecule has 104 valence electrons. The summed E-state index contributed by atoms with van der Waals surface area (Å²) in [6.07, 6.45) is 1.91. The van der Waals surface area contributed by atoms with Crippen molar-refractivity contribution >= 4 is 10.9 Å². The lowest BCUT2D eigenvalue weighted by atomic mass is 10.1. The SMILES string of the molecule is COc1ccc2c(ccn2Cc2cccc(C#N)c2F)c1. The number of methoxy groups -OCH3 is 1. The van der Waals surface area contributed by atoms with Gasteiger partial charge in [0.15, 0.2) is 0 Å². The van der Waals surface area contributed by atoms with Gasteiger partial charge in [0.2, 0.25) is 0 Å². The number of benzene rings is 2. The Balaban J connectivity index is 2.01. The van der Waals surface area contributed by atoms with Gasteiger partial charge in [0.25, 0.3) is 0 Å². The number of rotatable bonds is 3. The van der Waals surface area contributed by atoms with Crippen LogP contribution in [0.4, 0.5) is 4.39 Å². The Morgan fingerprint density at radius 3 is 2.86 bits per heavy atom. The number of hydrogen-bond acceptors (Lipinski definition) is 2. The highest BCUT2D eigenvalue weighted by atomic mass is 19.1. The zero-order chi connectivity index (χ0) is 14.8. The van der Waals surface area contributed by atoms with Crippen LogP contribution in [0, 0.1) is 17.1 Å². The molecule has 0 radical (unpaired) electrons. The molecule has 0 bridgehead atoms. The van der Waals surface area contributed by atoms with Crippen molar-refractivity contribution in [2.24, 2.45) is 0 Å². The Kier molecular flexibility index (Phi) is 3.33. The Hall–Kier alpha value is -2.80. The summed E-state index contributed by atoms with van der Waals surface area (Å²) in [4.78, 5) is 0. The molecule has 0 aliphatic carbocycles. The molecule has 0 spiro atoms. The standard InChI is InChI=1S/C17H13FN2O/c1-21-15-5-6-16-12(9-15)7-8-20(16)11-14-4-2-3-13(10-19)17(14)18/h2-9H,11H2,1H3. The van der Waals surface area contributed by atoms with Crippen molar-refractivity contribution in [3.05, 3.63) is 65.6 Å². The van der Waals surface area contributed by atoms with E-state index in [0.717, 1.165) is 16.7 Å². The van der Waals surface area contributed by atoms with Gasteiger partial charge in [0.1, 0.15) is 17.6 Å². The van der Waals surface area contributed by atoms with Gasteiger partial charge in [-0.05, 0) is 30.3 Å². The third-order valence-electron chi connectivity index (χ3n) is 3.52. The van der Waals surface area contributed by atoms with Gasteiger partial charge in [0.05, 0.1) is 19.2 Å². The lowest BCUT2D eigenvalue weighted by molar-refractivity contribution is 0.415. The number of hydrogen-bond donors (Lipinski definition) is 0. The molecule has 0 fully saturated rings. The van der Waals surface area contributed by atoms with Gasteiger partial charge < -0.3 is 9.30 Å². The minimum atomic E-state index is -0.449. The number of aromatic nitrogens is 1. The van der Waals surface area contributed by atoms with Crippen LogP contribution in [-0.4, -0.2) is 11.7 Å². The lowest BCUT2D eigenvalue weighted by Gasteiger charge is -2.08. The first-order valence-corrected chi connectivity index (χ1v) is 6.53. The average molecular weight is 280 g/mol. The van der Waals surface area contributed by atoms with E-state index >= 15 is 0 Å². The predicted molar refractivity (Wildman–Crippen MR) is 78.7 cm³/mol. The van der Waals surface area contributed by atoms with Gasteiger partial charge in [-0.1, -0.05) is 12.1 Å². The number of ether oxygens (including phenoxy) is 1. The number of fused-ring (bicyclic) bond motifs is 1. The molecule has 21 heavy (non-hydrogen) atoms. The molecule has 2 aromatic carbocycles. The maximum Gasteiger partial charge on any atom is 0.145 e. The van der Waals surface area contributed by atoms with E-state index in [1.165, 1.54) is 6.07 Å². The molecule has 0 aliphatic rings. The van der Waals surface area contributed by atoms with E-state index in [4.69, 9.17) is 10.00 Å². The molecule has 3 rings (SSSR count). The van der Waals surface area contributed by atoms with Crippen LogP contribution in [0.15, 0.2) is 48.7 Å². The van der Waals surface area contributed by atoms with Crippen LogP contribution in [0.3, 0.4) is 0 Å². The van der Waals surface area contributed by atoms with Crippen molar-refractivity contribution in [3.63, 3.8) is 0 Å². The molecule has 3 nitrogen and oxygen atoms in total. The summed E-state index contributed by atoms with van der Waals surface area (Å²) in [5, 5.41) is 9.92. The second-order valence-corrected chi connectivity index (χ2v) is 4.76. The van der Waals surface area contributed by atoms with Crippen LogP contribution in [0.5, 0.6) is 5.75 Å². The van der Waals surface area contributed by atoms with E-state index in [9.17, 15) is 4.39 Å². The van der Waals surface area contributed by atoms with Crippen molar-refractivity contribution in [1.82, 2.24) is 4.57 Å². The van der Waals surface area contributed by atoms with Crippen molar-refractivity contribution in [2.45, 2.75) is 6.54 Å². The maximum atomic E-state index is 14.1. The predicted octanol–water partition coefficient (Wildman–Crippen LogP) is 3.71. The smallest absolute Gasteiger partial charge is 0.145 e. The Labute approximate surface area is 121 Å². The fraction of sp³-hybridized carbons (Fsp3) is 0.118. The monoisotopic (exact) mass is 280 g/mol. The molecule has 0 aliphatic heterocycles. The van der Waals surface area contributed by atoms with Crippen molar-refractivity contribution in [2.75, 3.05) is 7.11 Å². The molecule has 0 saturated carbocycles. The fourth-order valence-electron chi connectivity index (χ4n) is 2.41. The zero-order valence-corrected chi connectivity index (χ0v) is 11.5. The van der Waals surface area contributed by atoms with Crippen LogP contribution in [0.1, 0.15) is 11.1 Å². The van der Waals surface area contributed by atoms with Gasteiger partial charge in [0, 0.05) is 22.7 Å². The van der Waals surface area contributed by atoms with E-state index in [1.807, 2.05) is 41.1 Å². The Morgan fingerprint density at radius 2 is 2.10 bits per heavy atom. The molecule has 4 heteroatoms. The van der Waals surface area contributed by atoms with E-state index in [0.29, 0.717) is 12.1 Å². The highest BCUT2D eigenvalue weighted by Crippen LogP contribution is 2.23. The molecule has 1 heterocycles. The van der Waals surface area contributed by atoms with E-state index in [-0.39, 0.29) is 5.56 Å². The quantitative estimate of drug-likeness (QED) is 0.733. The fourth-order valence-corrected chi connectivity index (χ4v) is 2.41. The van der Waals surface area contributed by atoms with E-state index in [1.54, 1.807) is 19.2 Å². The molecular formula is C17H13FN2O. The molecule has 0 amide bonds. The summed E-state index contributed by atoms with van der Waals surface area (Å²) < 4.78 is 21.3. The molecule has 0 saturated heterocycles. The molecule has 0 N–H and O–H groups in total. The molecule has 1 aromatic heterocycles. The first kappa shape index (κ1) is 13.2. The lowest BCUT2D eigenvalue weighted by Crippen LogP contribution is -2.02. The van der Waals surface area contributed by atoms with Crippen LogP contribution in [0.2, 0.25) is 0 Å². The van der Waals surface area contributed by atoms with Gasteiger partial charge in [-0.3, -0.25) is 0 Å². The third-order valence-corrected chi connectivity index (χ3v) is 3.52. The molecule has 3 aromatic rings. The highest BCUT2D eigenvalue weighted by molar-refractivity contribution is 5.81. The van der Waals surface area contributed by atoms with Crippen LogP contribution < -0.4 is 4.74 Å². The largest absolute Gasteiger partial charge is 0.497 e. The third kappa shape index (κ3) is 2.34. The summed E-state index contributed by atoms with van der Waals surface area (Å²) in [5.74, 6) is 0.341. The van der Waals surface area contributed by atoms with Gasteiger partial charge >= 0.3 is 0 Å². The Morgan fingerprint density at radius 1 is 1.24 bits per heavy atom. The first-order chi connectivity index (χ1) is 10.2. The van der Waals surface area contributed by atoms with Crippen molar-refractivity contribution in [3.8, 4) is 11.8 Å². The first-order valence-electron chi connectivity index (χ1n) is 6.53. The maximum absolute atomic E-state index is 14.1. The topological polar surface area (TPSA) is 38.0 Å². The second-order valence-electron chi connectivity index (χ2n) is 4.76. The number of nitriles is 1. The van der Waals surface area contributed by atoms with Crippen molar-refractivity contribution in [1.29, 1.82) is 5.26 Å². The van der Waals surface area contributed by atoms with Gasteiger partial charge in [-0.25, -0.2) is 4.39 Å². The number of halogens is 1. The summed E-state index contributed by atoms with van der Waals surface area (Å²) in [5.41, 5.74) is 1.57. The summed E-state index contributed by atoms with van der Waals surface area (Å²) in [6, 6.07) is 14.5. The number of nitrogens with zero attached hydrogens (tertiary/aromatic N) is 2. The normalized spacial score (nSPS) is 10.5. The summed E-state index contributed by atoms with van der Waals surface area (Å²) in [7, 11) is 1.63. The van der Waals surface area contributed by atoms with Crippen LogP contribution in [-0.2, 0) is 6.54 Å². The highest BCUT2D eigenvalue weighted by Gasteiger charge is 2.09. The average Bonchev–Trinajstić information content (AvgIpc) is 2.91. The molecule has 0 atom stereocenters. The Bertz CT molecular complexity index is 846. The van der Waals surface area contributed by atoms with Crippen LogP contribution >= 0.6 is 0 Å². The molecule has 0 unspecified atom stereocenters. The van der Waals surface area contributed by atoms with Gasteiger partial charge in [-0.15, -0.1) is 0 Å². The summed E-state index contributed by atoms with van der Waals surface area (Å²) in [6.45, 7) is 0.386. The van der Waals surface area contributed by atoms with Gasteiger partial charge in [-0.2, -0.15) is 5.26 Å².